The molecule has 0 saturated heterocycles. The van der Waals surface area contributed by atoms with E-state index in [4.69, 9.17) is 5.11 Å². The zero-order valence-corrected chi connectivity index (χ0v) is 10.3. The van der Waals surface area contributed by atoms with Gasteiger partial charge < -0.3 is 5.11 Å². The number of nitro benzene ring substituents is 1. The van der Waals surface area contributed by atoms with Crippen molar-refractivity contribution in [3.63, 3.8) is 0 Å². The molecule has 0 saturated carbocycles. The molecule has 0 aliphatic carbocycles. The minimum Gasteiger partial charge on any atom is -0.477 e. The Hall–Kier alpha value is -3.03. The summed E-state index contributed by atoms with van der Waals surface area (Å²) in [7, 11) is 1.33. The number of rotatable bonds is 3. The Kier molecular flexibility index (Phi) is 3.30. The molecule has 0 atom stereocenters. The van der Waals surface area contributed by atoms with Crippen LogP contribution in [-0.4, -0.2) is 25.8 Å². The van der Waals surface area contributed by atoms with Gasteiger partial charge in [0.15, 0.2) is 0 Å². The summed E-state index contributed by atoms with van der Waals surface area (Å²) >= 11 is 0. The summed E-state index contributed by atoms with van der Waals surface area (Å²) in [6.45, 7) is 0. The van der Waals surface area contributed by atoms with Crippen molar-refractivity contribution in [2.24, 2.45) is 7.05 Å². The number of hydrogen-bond acceptors (Lipinski definition) is 5. The molecule has 1 aromatic heterocycles. The van der Waals surface area contributed by atoms with Crippen LogP contribution >= 0.6 is 0 Å². The van der Waals surface area contributed by atoms with Gasteiger partial charge in [0.25, 0.3) is 11.2 Å². The predicted molar refractivity (Wildman–Crippen MR) is 68.5 cm³/mol. The van der Waals surface area contributed by atoms with Gasteiger partial charge in [0.1, 0.15) is 5.56 Å². The molecule has 1 heterocycles. The summed E-state index contributed by atoms with van der Waals surface area (Å²) < 4.78 is 0.893. The van der Waals surface area contributed by atoms with E-state index in [0.29, 0.717) is 0 Å². The quantitative estimate of drug-likeness (QED) is 0.661. The van der Waals surface area contributed by atoms with Gasteiger partial charge in [-0.15, -0.1) is 0 Å². The molecule has 0 unspecified atom stereocenters. The fraction of sp³-hybridized carbons (Fsp3) is 0.0833. The molecule has 0 fully saturated rings. The van der Waals surface area contributed by atoms with Crippen molar-refractivity contribution in [3.05, 3.63) is 56.5 Å². The van der Waals surface area contributed by atoms with E-state index in [2.05, 4.69) is 5.10 Å². The number of carboxylic acid groups (broad SMARTS) is 1. The standard InChI is InChI=1S/C12H9N3O5/c1-14-11(16)10(12(17)18)9(6-13-14)7-3-2-4-8(5-7)15(19)20/h2-6H,1H3,(H,17,18). The summed E-state index contributed by atoms with van der Waals surface area (Å²) in [5.74, 6) is -1.41. The topological polar surface area (TPSA) is 115 Å². The van der Waals surface area contributed by atoms with E-state index in [1.54, 1.807) is 0 Å². The number of nitrogens with zero attached hydrogens (tertiary/aromatic N) is 3. The number of nitro groups is 1. The molecule has 8 heteroatoms. The molecule has 20 heavy (non-hydrogen) atoms. The van der Waals surface area contributed by atoms with Crippen molar-refractivity contribution < 1.29 is 14.8 Å². The summed E-state index contributed by atoms with van der Waals surface area (Å²) in [6.07, 6.45) is 1.20. The molecule has 0 aliphatic rings. The number of aryl methyl sites for hydroxylation is 1. The summed E-state index contributed by atoms with van der Waals surface area (Å²) in [5, 5.41) is 23.6. The van der Waals surface area contributed by atoms with Crippen molar-refractivity contribution in [3.8, 4) is 11.1 Å². The Morgan fingerprint density at radius 2 is 2.15 bits per heavy atom. The average Bonchev–Trinajstić information content (AvgIpc) is 2.41. The third-order valence-corrected chi connectivity index (χ3v) is 2.72. The van der Waals surface area contributed by atoms with Gasteiger partial charge in [-0.1, -0.05) is 12.1 Å². The van der Waals surface area contributed by atoms with Gasteiger partial charge in [0.2, 0.25) is 0 Å². The molecule has 2 rings (SSSR count). The minimum absolute atomic E-state index is 0.0456. The van der Waals surface area contributed by atoms with E-state index in [-0.39, 0.29) is 16.8 Å². The Bertz CT molecular complexity index is 766. The number of hydrogen-bond donors (Lipinski definition) is 1. The second kappa shape index (κ2) is 4.92. The lowest BCUT2D eigenvalue weighted by Gasteiger charge is -2.06. The minimum atomic E-state index is -1.41. The van der Waals surface area contributed by atoms with Crippen LogP contribution in [0.4, 0.5) is 5.69 Å². The summed E-state index contributed by atoms with van der Waals surface area (Å²) in [4.78, 5) is 33.2. The summed E-state index contributed by atoms with van der Waals surface area (Å²) in [6, 6.07) is 5.37. The van der Waals surface area contributed by atoms with Crippen LogP contribution in [0, 0.1) is 10.1 Å². The second-order valence-electron chi connectivity index (χ2n) is 3.97. The maximum Gasteiger partial charge on any atom is 0.342 e. The molecular formula is C12H9N3O5. The zero-order chi connectivity index (χ0) is 14.9. The molecular weight excluding hydrogens is 266 g/mol. The molecule has 0 radical (unpaired) electrons. The van der Waals surface area contributed by atoms with Crippen molar-refractivity contribution in [1.29, 1.82) is 0 Å². The molecule has 0 bridgehead atoms. The number of carboxylic acids is 1. The highest BCUT2D eigenvalue weighted by atomic mass is 16.6. The van der Waals surface area contributed by atoms with Crippen LogP contribution in [0.2, 0.25) is 0 Å². The highest BCUT2D eigenvalue weighted by Crippen LogP contribution is 2.24. The van der Waals surface area contributed by atoms with Gasteiger partial charge in [-0.25, -0.2) is 9.48 Å². The second-order valence-corrected chi connectivity index (χ2v) is 3.97. The van der Waals surface area contributed by atoms with Gasteiger partial charge in [-0.05, 0) is 5.56 Å². The third-order valence-electron chi connectivity index (χ3n) is 2.72. The fourth-order valence-electron chi connectivity index (χ4n) is 1.75. The Labute approximate surface area is 112 Å². The van der Waals surface area contributed by atoms with Gasteiger partial charge in [-0.3, -0.25) is 14.9 Å². The lowest BCUT2D eigenvalue weighted by atomic mass is 10.0. The molecule has 2 aromatic rings. The molecule has 0 spiro atoms. The Balaban J connectivity index is 2.73. The predicted octanol–water partition coefficient (Wildman–Crippen LogP) is 1.05. The van der Waals surface area contributed by atoms with Crippen molar-refractivity contribution in [2.45, 2.75) is 0 Å². The van der Waals surface area contributed by atoms with Crippen molar-refractivity contribution in [2.75, 3.05) is 0 Å². The van der Waals surface area contributed by atoms with Gasteiger partial charge in [0.05, 0.1) is 11.1 Å². The molecule has 0 amide bonds. The number of non-ortho nitro benzene ring substituents is 1. The fourth-order valence-corrected chi connectivity index (χ4v) is 1.75. The molecule has 0 aliphatic heterocycles. The molecule has 1 N–H and O–H groups in total. The van der Waals surface area contributed by atoms with E-state index < -0.39 is 22.0 Å². The maximum atomic E-state index is 11.8. The largest absolute Gasteiger partial charge is 0.477 e. The number of carbonyl (C=O) groups is 1. The molecule has 8 nitrogen and oxygen atoms in total. The average molecular weight is 275 g/mol. The first-order valence-electron chi connectivity index (χ1n) is 5.46. The SMILES string of the molecule is Cn1ncc(-c2cccc([N+](=O)[O-])c2)c(C(=O)O)c1=O. The first kappa shape index (κ1) is 13.4. The molecule has 102 valence electrons. The Morgan fingerprint density at radius 1 is 1.45 bits per heavy atom. The van der Waals surface area contributed by atoms with Crippen LogP contribution in [0.5, 0.6) is 0 Å². The van der Waals surface area contributed by atoms with Crippen molar-refractivity contribution in [1.82, 2.24) is 9.78 Å². The number of aromatic nitrogens is 2. The number of benzene rings is 1. The van der Waals surface area contributed by atoms with E-state index in [1.807, 2.05) is 0 Å². The first-order chi connectivity index (χ1) is 9.41. The lowest BCUT2D eigenvalue weighted by molar-refractivity contribution is -0.384. The van der Waals surface area contributed by atoms with Gasteiger partial charge >= 0.3 is 5.97 Å². The van der Waals surface area contributed by atoms with Crippen LogP contribution in [-0.2, 0) is 7.05 Å². The van der Waals surface area contributed by atoms with Crippen molar-refractivity contribution >= 4 is 11.7 Å². The van der Waals surface area contributed by atoms with Gasteiger partial charge in [-0.2, -0.15) is 5.10 Å². The summed E-state index contributed by atoms with van der Waals surface area (Å²) in [5.41, 5.74) is -1.14. The van der Waals surface area contributed by atoms with Crippen LogP contribution in [0.3, 0.4) is 0 Å². The first-order valence-corrected chi connectivity index (χ1v) is 5.46. The van der Waals surface area contributed by atoms with E-state index in [1.165, 1.54) is 37.5 Å². The van der Waals surface area contributed by atoms with Crippen LogP contribution < -0.4 is 5.56 Å². The third kappa shape index (κ3) is 2.26. The highest BCUT2D eigenvalue weighted by molar-refractivity contribution is 5.95. The zero-order valence-electron chi connectivity index (χ0n) is 10.3. The normalized spacial score (nSPS) is 10.2. The highest BCUT2D eigenvalue weighted by Gasteiger charge is 2.19. The lowest BCUT2D eigenvalue weighted by Crippen LogP contribution is -2.27. The Morgan fingerprint density at radius 3 is 2.75 bits per heavy atom. The van der Waals surface area contributed by atoms with E-state index in [9.17, 15) is 19.7 Å². The van der Waals surface area contributed by atoms with E-state index in [0.717, 1.165) is 4.68 Å². The van der Waals surface area contributed by atoms with Crippen LogP contribution in [0.1, 0.15) is 10.4 Å². The smallest absolute Gasteiger partial charge is 0.342 e. The monoisotopic (exact) mass is 275 g/mol. The number of aromatic carboxylic acids is 1. The van der Waals surface area contributed by atoms with Crippen LogP contribution in [0.25, 0.3) is 11.1 Å². The van der Waals surface area contributed by atoms with Gasteiger partial charge in [0, 0.05) is 24.7 Å². The van der Waals surface area contributed by atoms with E-state index >= 15 is 0 Å². The molecule has 1 aromatic carbocycles. The maximum absolute atomic E-state index is 11.8. The van der Waals surface area contributed by atoms with Crippen LogP contribution in [0.15, 0.2) is 35.3 Å².